The average molecular weight is 1090 g/mol. The quantitative estimate of drug-likeness (QED) is 0.0164. The normalized spacial score (nSPS) is 9.66. The van der Waals surface area contributed by atoms with Crippen molar-refractivity contribution in [2.45, 2.75) is 161 Å². The summed E-state index contributed by atoms with van der Waals surface area (Å²) in [5.41, 5.74) is 11.9. The van der Waals surface area contributed by atoms with Crippen molar-refractivity contribution in [2.24, 2.45) is 19.8 Å². The molecule has 0 aliphatic rings. The van der Waals surface area contributed by atoms with E-state index in [1.807, 2.05) is 0 Å². The van der Waals surface area contributed by atoms with Crippen LogP contribution in [0.2, 0.25) is 0 Å². The molecule has 0 aliphatic heterocycles. The van der Waals surface area contributed by atoms with Gasteiger partial charge in [0.05, 0.1) is 63.7 Å². The van der Waals surface area contributed by atoms with Gasteiger partial charge in [0.1, 0.15) is 0 Å². The monoisotopic (exact) mass is 1090 g/mol. The van der Waals surface area contributed by atoms with Crippen LogP contribution in [0.1, 0.15) is 142 Å². The van der Waals surface area contributed by atoms with Crippen LogP contribution >= 0.6 is 0 Å². The van der Waals surface area contributed by atoms with Crippen LogP contribution in [0.3, 0.4) is 0 Å². The number of rotatable bonds is 27. The minimum absolute atomic E-state index is 0. The van der Waals surface area contributed by atoms with E-state index >= 15 is 0 Å². The van der Waals surface area contributed by atoms with E-state index in [9.17, 15) is 0 Å². The number of fused-ring (bicyclic) bond motifs is 2. The number of aryl methyl sites for hydroxylation is 4. The summed E-state index contributed by atoms with van der Waals surface area (Å²) in [6.45, 7) is 34.1. The molecule has 5 N–H and O–H groups in total. The van der Waals surface area contributed by atoms with Gasteiger partial charge in [-0.15, -0.1) is 0 Å². The minimum Gasteiger partial charge on any atom is -0.512 e. The van der Waals surface area contributed by atoms with Crippen LogP contribution in [0.25, 0.3) is 44.8 Å². The molecule has 0 bridgehead atoms. The molecule has 0 aliphatic carbocycles. The number of hydrogen-bond acceptors (Lipinski definition) is 10. The van der Waals surface area contributed by atoms with Gasteiger partial charge in [-0.2, -0.15) is 0 Å². The summed E-state index contributed by atoms with van der Waals surface area (Å²) in [4.78, 5) is 0. The van der Waals surface area contributed by atoms with Gasteiger partial charge in [0.25, 0.3) is 11.6 Å². The summed E-state index contributed by atoms with van der Waals surface area (Å²) in [5, 5.41) is 62.5. The number of unbranched alkanes of at least 4 members (excludes halogenated alkanes) is 18. The van der Waals surface area contributed by atoms with Crippen molar-refractivity contribution in [3.63, 3.8) is 0 Å². The van der Waals surface area contributed by atoms with E-state index in [1.54, 1.807) is 0 Å². The largest absolute Gasteiger partial charge is 4.00 e. The van der Waals surface area contributed by atoms with Crippen molar-refractivity contribution >= 4 is 22.1 Å². The Morgan fingerprint density at radius 2 is 0.623 bits per heavy atom. The Balaban J connectivity index is -0.000000513. The second-order valence-corrected chi connectivity index (χ2v) is 18.0. The smallest absolute Gasteiger partial charge is 0.512 e. The average Bonchev–Trinajstić information content (AvgIpc) is 3.95. The third-order valence-corrected chi connectivity index (χ3v) is 12.7. The zero-order valence-electron chi connectivity index (χ0n) is 46.3. The molecule has 6 aromatic rings. The van der Waals surface area contributed by atoms with Crippen LogP contribution in [0, 0.1) is 71.0 Å². The molecule has 15 heteroatoms. The number of nitrogens with two attached hydrogens (primary N) is 1. The zero-order valence-corrected chi connectivity index (χ0v) is 47.4. The number of aliphatic hydroxyl groups excluding tert-OH is 3. The molecule has 2 aromatic heterocycles. The summed E-state index contributed by atoms with van der Waals surface area (Å²) >= 11 is 0. The molecular formula is C62H85FeN11O3. The Morgan fingerprint density at radius 3 is 0.870 bits per heavy atom. The predicted octanol–water partition coefficient (Wildman–Crippen LogP) is 12.3. The topological polar surface area (TPSA) is 247 Å². The fourth-order valence-corrected chi connectivity index (χ4v) is 8.76. The Hall–Kier alpha value is -6.88. The van der Waals surface area contributed by atoms with Gasteiger partial charge >= 0.3 is 17.1 Å². The summed E-state index contributed by atoms with van der Waals surface area (Å²) in [5.74, 6) is 2.63. The Bertz CT molecular complexity index is 2240. The SMILES string of the molecule is CCCCCCCCCCCCn1c(-c2ccccc2)[n+](C)c2ccccc21.CCCCCCCCCCCCn1c(-c2ccccc2)[n+](C)c2ccccc21.NC(CO)(CO)CO.[C-]#N.[C-]#N.[C-]#N.[C-]#N.[C-]#N.[C-]#N.[Fe+4]. The van der Waals surface area contributed by atoms with E-state index in [-0.39, 0.29) is 17.1 Å². The first-order valence-electron chi connectivity index (χ1n) is 26.3. The number of aliphatic hydroxyl groups is 3. The van der Waals surface area contributed by atoms with Gasteiger partial charge < -0.3 is 92.1 Å². The van der Waals surface area contributed by atoms with Crippen molar-refractivity contribution in [3.8, 4) is 22.8 Å². The Morgan fingerprint density at radius 1 is 0.390 bits per heavy atom. The fourth-order valence-electron chi connectivity index (χ4n) is 8.76. The molecule has 0 fully saturated rings. The Labute approximate surface area is 474 Å². The first kappa shape index (κ1) is 76.6. The van der Waals surface area contributed by atoms with E-state index < -0.39 is 25.4 Å². The molecular weight excluding hydrogens is 1000 g/mol. The number of hydrogen-bond donors (Lipinski definition) is 4. The van der Waals surface area contributed by atoms with E-state index in [2.05, 4.69) is 155 Å². The third kappa shape index (κ3) is 28.7. The number of para-hydroxylation sites is 4. The second kappa shape index (κ2) is 52.6. The predicted molar refractivity (Wildman–Crippen MR) is 299 cm³/mol. The van der Waals surface area contributed by atoms with Crippen molar-refractivity contribution in [2.75, 3.05) is 19.8 Å². The number of nitrogens with zero attached hydrogens (tertiary/aromatic N) is 10. The van der Waals surface area contributed by atoms with Crippen molar-refractivity contribution in [1.29, 1.82) is 31.6 Å². The zero-order chi connectivity index (χ0) is 57.8. The van der Waals surface area contributed by atoms with Crippen molar-refractivity contribution in [1.82, 2.24) is 9.13 Å². The summed E-state index contributed by atoms with van der Waals surface area (Å²) < 4.78 is 9.74. The van der Waals surface area contributed by atoms with Gasteiger partial charge in [0, 0.05) is 0 Å². The molecule has 0 atom stereocenters. The van der Waals surface area contributed by atoms with Crippen LogP contribution in [0.4, 0.5) is 0 Å². The van der Waals surface area contributed by atoms with Gasteiger partial charge in [-0.05, 0) is 74.2 Å². The second-order valence-electron chi connectivity index (χ2n) is 18.0. The standard InChI is InChI=1S/2C26H37N2.C4H11NO3.6CN.Fe/c2*1-3-4-5-6-7-8-9-10-11-17-22-28-25-21-16-15-20-24(25)27(2)26(28)23-18-13-12-14-19-23;5-4(1-6,2-7)3-8;6*1-2;/h2*12-16,18-21H,3-11,17,22H2,1-2H3;6-8H,1-3,5H2;;;;;;;/q2*+1;;6*-1;+4. The summed E-state index contributed by atoms with van der Waals surface area (Å²) in [7, 11) is 4.39. The van der Waals surface area contributed by atoms with E-state index in [0.29, 0.717) is 0 Å². The maximum Gasteiger partial charge on any atom is 4.00 e. The first-order chi connectivity index (χ1) is 37.3. The van der Waals surface area contributed by atoms with E-state index in [4.69, 9.17) is 92.1 Å². The van der Waals surface area contributed by atoms with Gasteiger partial charge in [-0.25, -0.2) is 18.3 Å². The Kier molecular flexibility index (Phi) is 52.3. The van der Waals surface area contributed by atoms with Gasteiger partial charge in [0.2, 0.25) is 0 Å². The van der Waals surface area contributed by atoms with Crippen LogP contribution in [-0.2, 0) is 44.3 Å². The third-order valence-electron chi connectivity index (χ3n) is 12.7. The molecule has 414 valence electrons. The maximum absolute atomic E-state index is 8.34. The summed E-state index contributed by atoms with van der Waals surface area (Å²) in [6.07, 6.45) is 27.6. The summed E-state index contributed by atoms with van der Waals surface area (Å²) in [6, 6.07) is 39.2. The molecule has 14 nitrogen and oxygen atoms in total. The van der Waals surface area contributed by atoms with Crippen LogP contribution in [0.15, 0.2) is 109 Å². The number of imidazole rings is 2. The van der Waals surface area contributed by atoms with Crippen LogP contribution in [-0.4, -0.2) is 49.8 Å². The first-order valence-corrected chi connectivity index (χ1v) is 26.3. The molecule has 0 saturated heterocycles. The molecule has 0 amide bonds. The van der Waals surface area contributed by atoms with Crippen molar-refractivity contribution < 1.29 is 41.5 Å². The van der Waals surface area contributed by atoms with E-state index in [1.165, 1.54) is 173 Å². The molecule has 0 spiro atoms. The molecule has 2 heterocycles. The number of benzene rings is 4. The molecule has 0 radical (unpaired) electrons. The maximum atomic E-state index is 8.34. The fraction of sp³-hybridized carbons (Fsp3) is 0.484. The van der Waals surface area contributed by atoms with Crippen LogP contribution < -0.4 is 14.9 Å². The number of aromatic nitrogens is 4. The molecule has 0 unspecified atom stereocenters. The van der Waals surface area contributed by atoms with Gasteiger partial charge in [-0.3, -0.25) is 0 Å². The van der Waals surface area contributed by atoms with Crippen molar-refractivity contribution in [3.05, 3.63) is 149 Å². The van der Waals surface area contributed by atoms with Gasteiger partial charge in [0.15, 0.2) is 22.1 Å². The molecule has 6 rings (SSSR count). The molecule has 0 saturated carbocycles. The molecule has 77 heavy (non-hydrogen) atoms. The molecule has 4 aromatic carbocycles. The van der Waals surface area contributed by atoms with E-state index in [0.717, 1.165) is 13.1 Å². The minimum atomic E-state index is -1.21. The van der Waals surface area contributed by atoms with Crippen LogP contribution in [0.5, 0.6) is 0 Å². The van der Waals surface area contributed by atoms with Gasteiger partial charge in [-0.1, -0.05) is 177 Å².